The van der Waals surface area contributed by atoms with Crippen LogP contribution in [0.2, 0.25) is 18.1 Å². The van der Waals surface area contributed by atoms with Crippen molar-refractivity contribution in [2.75, 3.05) is 6.54 Å². The van der Waals surface area contributed by atoms with Crippen LogP contribution in [0.3, 0.4) is 0 Å². The average Bonchev–Trinajstić information content (AvgIpc) is 2.45. The van der Waals surface area contributed by atoms with Crippen LogP contribution in [0, 0.1) is 0 Å². The molecule has 0 aromatic rings. The minimum atomic E-state index is -1.18. The predicted octanol–water partition coefficient (Wildman–Crippen LogP) is 5.39. The van der Waals surface area contributed by atoms with E-state index in [1.807, 2.05) is 5.20 Å². The Morgan fingerprint density at radius 3 is 2.61 bits per heavy atom. The topological polar surface area (TPSA) is 12.4 Å². The second-order valence-electron chi connectivity index (χ2n) is 5.59. The maximum Gasteiger partial charge on any atom is 0.0812 e. The summed E-state index contributed by atoms with van der Waals surface area (Å²) in [5.74, 6) is 0. The van der Waals surface area contributed by atoms with Crippen molar-refractivity contribution in [3.8, 4) is 0 Å². The number of allylic oxidation sites excluding steroid dienone is 2. The molecule has 0 saturated heterocycles. The lowest BCUT2D eigenvalue weighted by Gasteiger charge is -2.33. The van der Waals surface area contributed by atoms with E-state index in [1.165, 1.54) is 56.7 Å². The molecule has 0 amide bonds. The Kier molecular flexibility index (Phi) is 7.56. The molecule has 0 aromatic heterocycles. The van der Waals surface area contributed by atoms with Gasteiger partial charge in [-0.1, -0.05) is 56.5 Å². The highest BCUT2D eigenvalue weighted by Gasteiger charge is 2.32. The van der Waals surface area contributed by atoms with Crippen molar-refractivity contribution in [3.05, 3.63) is 11.3 Å². The van der Waals surface area contributed by atoms with Gasteiger partial charge in [-0.05, 0) is 38.4 Å². The molecule has 1 atom stereocenters. The second-order valence-corrected chi connectivity index (χ2v) is 10.5. The highest BCUT2D eigenvalue weighted by Crippen LogP contribution is 2.34. The molecule has 0 bridgehead atoms. The first kappa shape index (κ1) is 15.7. The van der Waals surface area contributed by atoms with Crippen LogP contribution in [0.25, 0.3) is 0 Å². The molecule has 0 spiro atoms. The Morgan fingerprint density at radius 2 is 1.94 bits per heavy atom. The van der Waals surface area contributed by atoms with Crippen LogP contribution in [0.15, 0.2) is 16.3 Å². The highest BCUT2D eigenvalue weighted by atomic mass is 28.3. The maximum absolute atomic E-state index is 4.56. The summed E-state index contributed by atoms with van der Waals surface area (Å²) >= 11 is 0. The van der Waals surface area contributed by atoms with Crippen molar-refractivity contribution in [2.45, 2.75) is 77.4 Å². The largest absolute Gasteiger partial charge is 0.298 e. The second kappa shape index (κ2) is 8.68. The Labute approximate surface area is 115 Å². The molecule has 0 aliphatic carbocycles. The summed E-state index contributed by atoms with van der Waals surface area (Å²) in [7, 11) is -1.18. The van der Waals surface area contributed by atoms with Crippen molar-refractivity contribution in [1.29, 1.82) is 0 Å². The predicted molar refractivity (Wildman–Crippen MR) is 86.3 cm³/mol. The average molecular weight is 266 g/mol. The normalized spacial score (nSPS) is 27.8. The third-order valence-electron chi connectivity index (χ3n) is 4.66. The van der Waals surface area contributed by atoms with Gasteiger partial charge in [0.2, 0.25) is 0 Å². The molecule has 2 heteroatoms. The summed E-state index contributed by atoms with van der Waals surface area (Å²) < 4.78 is 0. The molecule has 0 N–H and O–H groups in total. The molecular weight excluding hydrogens is 234 g/mol. The maximum atomic E-state index is 4.56. The van der Waals surface area contributed by atoms with Crippen molar-refractivity contribution in [3.63, 3.8) is 0 Å². The van der Waals surface area contributed by atoms with Crippen LogP contribution < -0.4 is 0 Å². The van der Waals surface area contributed by atoms with Crippen LogP contribution in [-0.4, -0.2) is 20.8 Å². The molecule has 1 unspecified atom stereocenters. The molecule has 18 heavy (non-hydrogen) atoms. The van der Waals surface area contributed by atoms with Gasteiger partial charge in [0.15, 0.2) is 0 Å². The molecule has 0 saturated carbocycles. The first-order valence-corrected chi connectivity index (χ1v) is 10.5. The van der Waals surface area contributed by atoms with E-state index in [9.17, 15) is 0 Å². The molecule has 1 nitrogen and oxygen atoms in total. The van der Waals surface area contributed by atoms with Gasteiger partial charge in [0.1, 0.15) is 0 Å². The number of rotatable bonds is 3. The molecule has 1 aliphatic rings. The number of hydrogen-bond donors (Lipinski definition) is 0. The number of aliphatic imine (C=N–C) groups is 1. The zero-order valence-corrected chi connectivity index (χ0v) is 13.7. The molecule has 104 valence electrons. The van der Waals surface area contributed by atoms with Crippen LogP contribution in [0.1, 0.15) is 59.3 Å². The molecule has 0 radical (unpaired) electrons. The van der Waals surface area contributed by atoms with Crippen LogP contribution >= 0.6 is 0 Å². The van der Waals surface area contributed by atoms with Crippen LogP contribution in [0.5, 0.6) is 0 Å². The van der Waals surface area contributed by atoms with Gasteiger partial charge in [0.05, 0.1) is 8.07 Å². The Hall–Kier alpha value is -0.373. The van der Waals surface area contributed by atoms with Gasteiger partial charge < -0.3 is 0 Å². The Balaban J connectivity index is 2.81. The van der Waals surface area contributed by atoms with E-state index >= 15 is 0 Å². The van der Waals surface area contributed by atoms with Gasteiger partial charge in [-0.25, -0.2) is 0 Å². The standard InChI is InChI=1S/C16H31NSi/c1-4-16(5-2)18(6-3)14-10-8-7-9-12-17-13-11-15-18/h4,13H,5-12,14-15H2,1-3H3/b16-4+,17-13?. The molecule has 1 heterocycles. The first-order chi connectivity index (χ1) is 8.79. The van der Waals surface area contributed by atoms with Gasteiger partial charge in [0, 0.05) is 6.54 Å². The van der Waals surface area contributed by atoms with Crippen molar-refractivity contribution >= 4 is 14.3 Å². The van der Waals surface area contributed by atoms with E-state index in [1.54, 1.807) is 0 Å². The zero-order valence-electron chi connectivity index (χ0n) is 12.7. The fraction of sp³-hybridized carbons (Fsp3) is 0.812. The van der Waals surface area contributed by atoms with Gasteiger partial charge in [-0.2, -0.15) is 0 Å². The van der Waals surface area contributed by atoms with Gasteiger partial charge >= 0.3 is 0 Å². The lowest BCUT2D eigenvalue weighted by Crippen LogP contribution is -2.36. The molecule has 1 rings (SSSR count). The monoisotopic (exact) mass is 265 g/mol. The van der Waals surface area contributed by atoms with Crippen LogP contribution in [-0.2, 0) is 0 Å². The minimum Gasteiger partial charge on any atom is -0.298 e. The molecule has 0 fully saturated rings. The SMILES string of the molecule is C/C=C(\CC)[Si]1(CC)CCC=NCCCCCC1. The molecule has 1 aliphatic heterocycles. The van der Waals surface area contributed by atoms with E-state index in [2.05, 4.69) is 38.1 Å². The van der Waals surface area contributed by atoms with Gasteiger partial charge in [-0.15, -0.1) is 0 Å². The van der Waals surface area contributed by atoms with Crippen molar-refractivity contribution in [1.82, 2.24) is 0 Å². The fourth-order valence-electron chi connectivity index (χ4n) is 3.46. The van der Waals surface area contributed by atoms with E-state index < -0.39 is 8.07 Å². The Morgan fingerprint density at radius 1 is 1.17 bits per heavy atom. The van der Waals surface area contributed by atoms with Crippen LogP contribution in [0.4, 0.5) is 0 Å². The Bertz CT molecular complexity index is 283. The lowest BCUT2D eigenvalue weighted by molar-refractivity contribution is 0.671. The number of hydrogen-bond acceptors (Lipinski definition) is 1. The summed E-state index contributed by atoms with van der Waals surface area (Å²) in [5, 5.41) is 1.82. The summed E-state index contributed by atoms with van der Waals surface area (Å²) in [6.45, 7) is 8.09. The van der Waals surface area contributed by atoms with Gasteiger partial charge in [-0.3, -0.25) is 4.99 Å². The smallest absolute Gasteiger partial charge is 0.0812 e. The highest BCUT2D eigenvalue weighted by molar-refractivity contribution is 6.86. The minimum absolute atomic E-state index is 1.06. The first-order valence-electron chi connectivity index (χ1n) is 7.93. The summed E-state index contributed by atoms with van der Waals surface area (Å²) in [4.78, 5) is 4.56. The zero-order chi connectivity index (χ0) is 13.3. The van der Waals surface area contributed by atoms with E-state index in [0.29, 0.717) is 0 Å². The fourth-order valence-corrected chi connectivity index (χ4v) is 8.48. The quantitative estimate of drug-likeness (QED) is 0.607. The van der Waals surface area contributed by atoms with Gasteiger partial charge in [0.25, 0.3) is 0 Å². The van der Waals surface area contributed by atoms with E-state index in [0.717, 1.165) is 6.54 Å². The number of nitrogens with zero attached hydrogens (tertiary/aromatic N) is 1. The van der Waals surface area contributed by atoms with E-state index in [4.69, 9.17) is 0 Å². The molecular formula is C16H31NSi. The van der Waals surface area contributed by atoms with E-state index in [-0.39, 0.29) is 0 Å². The summed E-state index contributed by atoms with van der Waals surface area (Å²) in [5.41, 5.74) is 0. The lowest BCUT2D eigenvalue weighted by atomic mass is 10.2. The summed E-state index contributed by atoms with van der Waals surface area (Å²) in [6.07, 6.45) is 12.7. The third-order valence-corrected chi connectivity index (χ3v) is 10.6. The summed E-state index contributed by atoms with van der Waals surface area (Å²) in [6, 6.07) is 4.37. The molecule has 0 aromatic carbocycles. The third kappa shape index (κ3) is 4.38. The van der Waals surface area contributed by atoms with Crippen molar-refractivity contribution < 1.29 is 0 Å². The van der Waals surface area contributed by atoms with Crippen molar-refractivity contribution in [2.24, 2.45) is 4.99 Å².